The maximum atomic E-state index is 6.27. The fourth-order valence-corrected chi connectivity index (χ4v) is 3.27. The molecule has 0 radical (unpaired) electrons. The molecule has 2 nitrogen and oxygen atoms in total. The van der Waals surface area contributed by atoms with Crippen molar-refractivity contribution in [2.24, 2.45) is 11.1 Å². The fourth-order valence-electron chi connectivity index (χ4n) is 3.27. The Labute approximate surface area is 114 Å². The van der Waals surface area contributed by atoms with Crippen LogP contribution in [0.1, 0.15) is 72.6 Å². The van der Waals surface area contributed by atoms with Crippen LogP contribution in [0.5, 0.6) is 0 Å². The topological polar surface area (TPSA) is 29.3 Å². The highest BCUT2D eigenvalue weighted by molar-refractivity contribution is 4.78. The monoisotopic (exact) mass is 254 g/mol. The molecule has 0 bridgehead atoms. The first-order valence-corrected chi connectivity index (χ1v) is 7.92. The summed E-state index contributed by atoms with van der Waals surface area (Å²) < 4.78 is 0. The number of rotatable bonds is 6. The lowest BCUT2D eigenvalue weighted by atomic mass is 9.87. The van der Waals surface area contributed by atoms with Gasteiger partial charge in [-0.05, 0) is 44.2 Å². The lowest BCUT2D eigenvalue weighted by Gasteiger charge is -2.34. The van der Waals surface area contributed by atoms with Gasteiger partial charge in [-0.3, -0.25) is 0 Å². The van der Waals surface area contributed by atoms with Gasteiger partial charge in [0, 0.05) is 12.1 Å². The molecule has 2 N–H and O–H groups in total. The van der Waals surface area contributed by atoms with Gasteiger partial charge in [0.25, 0.3) is 0 Å². The summed E-state index contributed by atoms with van der Waals surface area (Å²) in [5, 5.41) is 0. The van der Waals surface area contributed by atoms with E-state index in [1.54, 1.807) is 0 Å². The third kappa shape index (κ3) is 6.19. The molecule has 0 aliphatic heterocycles. The van der Waals surface area contributed by atoms with Gasteiger partial charge in [-0.1, -0.05) is 47.0 Å². The van der Waals surface area contributed by atoms with Gasteiger partial charge in [0.2, 0.25) is 0 Å². The average molecular weight is 254 g/mol. The van der Waals surface area contributed by atoms with E-state index in [9.17, 15) is 0 Å². The van der Waals surface area contributed by atoms with Crippen LogP contribution in [0.15, 0.2) is 0 Å². The van der Waals surface area contributed by atoms with Crippen LogP contribution >= 0.6 is 0 Å². The van der Waals surface area contributed by atoms with Gasteiger partial charge in [-0.2, -0.15) is 0 Å². The molecule has 0 aromatic carbocycles. The van der Waals surface area contributed by atoms with Crippen LogP contribution in [0.2, 0.25) is 0 Å². The van der Waals surface area contributed by atoms with Crippen LogP contribution in [-0.4, -0.2) is 30.1 Å². The molecule has 1 aliphatic carbocycles. The van der Waals surface area contributed by atoms with Crippen molar-refractivity contribution in [1.82, 2.24) is 4.90 Å². The number of nitrogens with two attached hydrogens (primary N) is 1. The van der Waals surface area contributed by atoms with Crippen molar-refractivity contribution in [3.05, 3.63) is 0 Å². The summed E-state index contributed by atoms with van der Waals surface area (Å²) in [6.07, 6.45) is 9.39. The normalized spacial score (nSPS) is 20.3. The molecular formula is C16H34N2. The molecule has 0 amide bonds. The highest BCUT2D eigenvalue weighted by Crippen LogP contribution is 2.24. The molecule has 0 aromatic rings. The van der Waals surface area contributed by atoms with Gasteiger partial charge in [0.1, 0.15) is 0 Å². The SMILES string of the molecule is CCN(CCC(N)CC(C)(C)C)C1CCCCC1. The summed E-state index contributed by atoms with van der Waals surface area (Å²) in [6.45, 7) is 11.5. The molecule has 0 heterocycles. The fraction of sp³-hybridized carbons (Fsp3) is 1.00. The molecule has 2 heteroatoms. The molecular weight excluding hydrogens is 220 g/mol. The van der Waals surface area contributed by atoms with Crippen LogP contribution in [0, 0.1) is 5.41 Å². The Hall–Kier alpha value is -0.0800. The molecule has 1 saturated carbocycles. The maximum absolute atomic E-state index is 6.27. The molecule has 1 atom stereocenters. The summed E-state index contributed by atoms with van der Waals surface area (Å²) in [7, 11) is 0. The largest absolute Gasteiger partial charge is 0.328 e. The molecule has 1 aliphatic rings. The third-order valence-corrected chi connectivity index (χ3v) is 4.16. The molecule has 1 rings (SSSR count). The Balaban J connectivity index is 2.30. The van der Waals surface area contributed by atoms with Crippen LogP contribution in [-0.2, 0) is 0 Å². The van der Waals surface area contributed by atoms with E-state index in [-0.39, 0.29) is 0 Å². The standard InChI is InChI=1S/C16H34N2/c1-5-18(15-9-7-6-8-10-15)12-11-14(17)13-16(2,3)4/h14-15H,5-13,17H2,1-4H3. The molecule has 0 saturated heterocycles. The summed E-state index contributed by atoms with van der Waals surface area (Å²) >= 11 is 0. The van der Waals surface area contributed by atoms with Crippen LogP contribution in [0.3, 0.4) is 0 Å². The van der Waals surface area contributed by atoms with Crippen molar-refractivity contribution < 1.29 is 0 Å². The van der Waals surface area contributed by atoms with Crippen LogP contribution in [0.25, 0.3) is 0 Å². The maximum Gasteiger partial charge on any atom is 0.00951 e. The Morgan fingerprint density at radius 3 is 2.28 bits per heavy atom. The Morgan fingerprint density at radius 2 is 1.78 bits per heavy atom. The summed E-state index contributed by atoms with van der Waals surface area (Å²) in [5.74, 6) is 0. The van der Waals surface area contributed by atoms with E-state index < -0.39 is 0 Å². The summed E-state index contributed by atoms with van der Waals surface area (Å²) in [5.41, 5.74) is 6.63. The number of hydrogen-bond donors (Lipinski definition) is 1. The van der Waals surface area contributed by atoms with Gasteiger partial charge in [-0.25, -0.2) is 0 Å². The highest BCUT2D eigenvalue weighted by atomic mass is 15.1. The van der Waals surface area contributed by atoms with E-state index in [1.165, 1.54) is 45.2 Å². The molecule has 0 aromatic heterocycles. The van der Waals surface area contributed by atoms with E-state index >= 15 is 0 Å². The van der Waals surface area contributed by atoms with Gasteiger partial charge < -0.3 is 10.6 Å². The van der Waals surface area contributed by atoms with Crippen molar-refractivity contribution in [3.8, 4) is 0 Å². The van der Waals surface area contributed by atoms with Gasteiger partial charge in [-0.15, -0.1) is 0 Å². The van der Waals surface area contributed by atoms with Crippen molar-refractivity contribution in [2.75, 3.05) is 13.1 Å². The van der Waals surface area contributed by atoms with Gasteiger partial charge in [0.15, 0.2) is 0 Å². The van der Waals surface area contributed by atoms with Crippen LogP contribution < -0.4 is 5.73 Å². The smallest absolute Gasteiger partial charge is 0.00951 e. The van der Waals surface area contributed by atoms with Crippen molar-refractivity contribution in [3.63, 3.8) is 0 Å². The van der Waals surface area contributed by atoms with Crippen molar-refractivity contribution in [2.45, 2.75) is 84.7 Å². The third-order valence-electron chi connectivity index (χ3n) is 4.16. The van der Waals surface area contributed by atoms with Crippen molar-refractivity contribution in [1.29, 1.82) is 0 Å². The lowest BCUT2D eigenvalue weighted by molar-refractivity contribution is 0.155. The Bertz CT molecular complexity index is 214. The van der Waals surface area contributed by atoms with E-state index in [0.717, 1.165) is 18.9 Å². The van der Waals surface area contributed by atoms with Crippen molar-refractivity contribution >= 4 is 0 Å². The minimum atomic E-state index is 0.362. The van der Waals surface area contributed by atoms with Gasteiger partial charge in [0.05, 0.1) is 0 Å². The lowest BCUT2D eigenvalue weighted by Crippen LogP contribution is -2.40. The van der Waals surface area contributed by atoms with E-state index in [1.807, 2.05) is 0 Å². The molecule has 108 valence electrons. The number of nitrogens with zero attached hydrogens (tertiary/aromatic N) is 1. The van der Waals surface area contributed by atoms with Crippen LogP contribution in [0.4, 0.5) is 0 Å². The summed E-state index contributed by atoms with van der Waals surface area (Å²) in [6, 6.07) is 1.20. The first-order chi connectivity index (χ1) is 8.42. The van der Waals surface area contributed by atoms with E-state index in [2.05, 4.69) is 32.6 Å². The second-order valence-electron chi connectivity index (χ2n) is 7.23. The molecule has 1 unspecified atom stereocenters. The predicted molar refractivity (Wildman–Crippen MR) is 80.8 cm³/mol. The average Bonchev–Trinajstić information content (AvgIpc) is 2.29. The first-order valence-electron chi connectivity index (χ1n) is 7.92. The highest BCUT2D eigenvalue weighted by Gasteiger charge is 2.21. The quantitative estimate of drug-likeness (QED) is 0.781. The number of hydrogen-bond acceptors (Lipinski definition) is 2. The predicted octanol–water partition coefficient (Wildman–Crippen LogP) is 3.79. The molecule has 0 spiro atoms. The molecule has 1 fully saturated rings. The van der Waals surface area contributed by atoms with E-state index in [0.29, 0.717) is 11.5 Å². The second kappa shape index (κ2) is 7.49. The Morgan fingerprint density at radius 1 is 1.17 bits per heavy atom. The zero-order chi connectivity index (χ0) is 13.6. The minimum absolute atomic E-state index is 0.362. The first kappa shape index (κ1) is 16.0. The summed E-state index contributed by atoms with van der Waals surface area (Å²) in [4.78, 5) is 2.67. The molecule has 18 heavy (non-hydrogen) atoms. The minimum Gasteiger partial charge on any atom is -0.328 e. The van der Waals surface area contributed by atoms with E-state index in [4.69, 9.17) is 5.73 Å². The van der Waals surface area contributed by atoms with Gasteiger partial charge >= 0.3 is 0 Å². The second-order valence-corrected chi connectivity index (χ2v) is 7.23. The Kier molecular flexibility index (Phi) is 6.65. The zero-order valence-electron chi connectivity index (χ0n) is 13.0. The zero-order valence-corrected chi connectivity index (χ0v) is 13.0.